The van der Waals surface area contributed by atoms with Crippen LogP contribution in [0.1, 0.15) is 26.0 Å². The van der Waals surface area contributed by atoms with E-state index < -0.39 is 41.8 Å². The van der Waals surface area contributed by atoms with Gasteiger partial charge in [0.2, 0.25) is 17.7 Å². The average Bonchev–Trinajstić information content (AvgIpc) is 3.17. The molecule has 7 N–H and O–H groups in total. The van der Waals surface area contributed by atoms with Crippen molar-refractivity contribution in [2.75, 3.05) is 12.3 Å². The number of hydrogen-bond donors (Lipinski definition) is 7. The van der Waals surface area contributed by atoms with Gasteiger partial charge in [0.05, 0.1) is 12.9 Å². The van der Waals surface area contributed by atoms with Crippen molar-refractivity contribution in [1.29, 1.82) is 0 Å². The van der Waals surface area contributed by atoms with Crippen LogP contribution in [-0.4, -0.2) is 69.2 Å². The zero-order chi connectivity index (χ0) is 22.0. The highest BCUT2D eigenvalue weighted by Crippen LogP contribution is 2.07. The fourth-order valence-electron chi connectivity index (χ4n) is 2.51. The predicted octanol–water partition coefficient (Wildman–Crippen LogP) is -1.57. The topological polar surface area (TPSA) is 179 Å². The third-order valence-electron chi connectivity index (χ3n) is 3.95. The predicted molar refractivity (Wildman–Crippen MR) is 108 cm³/mol. The molecule has 0 aliphatic rings. The molecule has 12 heteroatoms. The molecule has 1 aromatic rings. The second-order valence-corrected chi connectivity index (χ2v) is 7.24. The zero-order valence-corrected chi connectivity index (χ0v) is 17.2. The number of carboxylic acids is 1. The lowest BCUT2D eigenvalue weighted by atomic mass is 10.0. The van der Waals surface area contributed by atoms with Crippen molar-refractivity contribution < 1.29 is 24.3 Å². The highest BCUT2D eigenvalue weighted by molar-refractivity contribution is 7.80. The number of carboxylic acid groups (broad SMARTS) is 1. The van der Waals surface area contributed by atoms with Crippen molar-refractivity contribution in [3.63, 3.8) is 0 Å². The first-order chi connectivity index (χ1) is 13.7. The summed E-state index contributed by atoms with van der Waals surface area (Å²) in [6, 6.07) is -3.19. The minimum absolute atomic E-state index is 0.0128. The first kappa shape index (κ1) is 24.4. The summed E-state index contributed by atoms with van der Waals surface area (Å²) < 4.78 is 0. The van der Waals surface area contributed by atoms with Crippen LogP contribution in [0.4, 0.5) is 0 Å². The second-order valence-electron chi connectivity index (χ2n) is 6.88. The van der Waals surface area contributed by atoms with Crippen molar-refractivity contribution in [1.82, 2.24) is 25.9 Å². The molecule has 1 rings (SSSR count). The number of aromatic nitrogens is 2. The minimum atomic E-state index is -1.16. The van der Waals surface area contributed by atoms with Crippen molar-refractivity contribution in [2.24, 2.45) is 11.7 Å². The number of H-pyrrole nitrogens is 1. The standard InChI is InChI=1S/C17H28N6O5S/c1-9(2)3-12(17(27)28)23-15(25)11(4-10-6-19-8-20-10)22-16(26)13(7-29)21-14(24)5-18/h6,8-9,11-13,29H,3-5,7,18H2,1-2H3,(H,19,20)(H,21,24)(H,22,26)(H,23,25)(H,27,28). The van der Waals surface area contributed by atoms with Crippen LogP contribution in [0.25, 0.3) is 0 Å². The highest BCUT2D eigenvalue weighted by Gasteiger charge is 2.29. The molecule has 0 saturated carbocycles. The second kappa shape index (κ2) is 12.1. The van der Waals surface area contributed by atoms with Gasteiger partial charge in [-0.15, -0.1) is 0 Å². The maximum absolute atomic E-state index is 12.7. The number of hydrogen-bond acceptors (Lipinski definition) is 7. The van der Waals surface area contributed by atoms with Gasteiger partial charge in [-0.3, -0.25) is 14.4 Å². The number of rotatable bonds is 12. The number of carbonyl (C=O) groups is 4. The van der Waals surface area contributed by atoms with Gasteiger partial charge in [-0.05, 0) is 12.3 Å². The van der Waals surface area contributed by atoms with E-state index in [1.165, 1.54) is 12.5 Å². The van der Waals surface area contributed by atoms with Crippen LogP contribution >= 0.6 is 12.6 Å². The Morgan fingerprint density at radius 1 is 1.14 bits per heavy atom. The summed E-state index contributed by atoms with van der Waals surface area (Å²) >= 11 is 4.04. The Hall–Kier alpha value is -2.60. The number of imidazole rings is 1. The van der Waals surface area contributed by atoms with Crippen molar-refractivity contribution in [3.8, 4) is 0 Å². The Kier molecular flexibility index (Phi) is 10.2. The first-order valence-electron chi connectivity index (χ1n) is 9.09. The van der Waals surface area contributed by atoms with Gasteiger partial charge in [-0.2, -0.15) is 12.6 Å². The Morgan fingerprint density at radius 3 is 2.24 bits per heavy atom. The molecule has 0 aliphatic heterocycles. The molecule has 1 heterocycles. The van der Waals surface area contributed by atoms with Gasteiger partial charge in [0.15, 0.2) is 0 Å². The van der Waals surface area contributed by atoms with E-state index in [1.807, 2.05) is 13.8 Å². The zero-order valence-electron chi connectivity index (χ0n) is 16.3. The normalized spacial score (nSPS) is 14.0. The van der Waals surface area contributed by atoms with Crippen molar-refractivity contribution in [3.05, 3.63) is 18.2 Å². The third kappa shape index (κ3) is 8.52. The third-order valence-corrected chi connectivity index (χ3v) is 4.32. The Morgan fingerprint density at radius 2 is 1.76 bits per heavy atom. The van der Waals surface area contributed by atoms with Gasteiger partial charge in [0, 0.05) is 24.1 Å². The molecule has 0 radical (unpaired) electrons. The lowest BCUT2D eigenvalue weighted by molar-refractivity contribution is -0.142. The van der Waals surface area contributed by atoms with Crippen molar-refractivity contribution >= 4 is 36.3 Å². The van der Waals surface area contributed by atoms with E-state index in [2.05, 4.69) is 38.5 Å². The molecule has 11 nitrogen and oxygen atoms in total. The summed E-state index contributed by atoms with van der Waals surface area (Å²) in [6.07, 6.45) is 3.19. The van der Waals surface area contributed by atoms with E-state index in [9.17, 15) is 24.3 Å². The molecule has 3 amide bonds. The number of nitrogens with zero attached hydrogens (tertiary/aromatic N) is 1. The minimum Gasteiger partial charge on any atom is -0.480 e. The quantitative estimate of drug-likeness (QED) is 0.196. The fraction of sp³-hybridized carbons (Fsp3) is 0.588. The van der Waals surface area contributed by atoms with Gasteiger partial charge >= 0.3 is 5.97 Å². The van der Waals surface area contributed by atoms with E-state index in [1.54, 1.807) is 0 Å². The molecule has 0 bridgehead atoms. The largest absolute Gasteiger partial charge is 0.480 e. The van der Waals surface area contributed by atoms with Crippen LogP contribution in [0.3, 0.4) is 0 Å². The molecule has 1 aromatic heterocycles. The van der Waals surface area contributed by atoms with E-state index in [0.29, 0.717) is 5.69 Å². The molecule has 29 heavy (non-hydrogen) atoms. The van der Waals surface area contributed by atoms with Gasteiger partial charge in [-0.1, -0.05) is 13.8 Å². The van der Waals surface area contributed by atoms with Crippen LogP contribution in [0.15, 0.2) is 12.5 Å². The van der Waals surface area contributed by atoms with Gasteiger partial charge in [0.25, 0.3) is 0 Å². The molecule has 0 aromatic carbocycles. The fourth-order valence-corrected chi connectivity index (χ4v) is 2.77. The molecule has 0 spiro atoms. The lowest BCUT2D eigenvalue weighted by Gasteiger charge is -2.24. The van der Waals surface area contributed by atoms with Gasteiger partial charge < -0.3 is 31.8 Å². The van der Waals surface area contributed by atoms with Crippen LogP contribution in [0.5, 0.6) is 0 Å². The summed E-state index contributed by atoms with van der Waals surface area (Å²) in [5, 5.41) is 16.8. The summed E-state index contributed by atoms with van der Waals surface area (Å²) in [5.41, 5.74) is 5.80. The number of aromatic amines is 1. The Balaban J connectivity index is 2.94. The molecule has 0 fully saturated rings. The summed E-state index contributed by atoms with van der Waals surface area (Å²) in [5.74, 6) is -2.99. The van der Waals surface area contributed by atoms with Gasteiger partial charge in [-0.25, -0.2) is 9.78 Å². The van der Waals surface area contributed by atoms with E-state index in [-0.39, 0.29) is 31.1 Å². The lowest BCUT2D eigenvalue weighted by Crippen LogP contribution is -2.57. The van der Waals surface area contributed by atoms with E-state index in [0.717, 1.165) is 0 Å². The summed E-state index contributed by atoms with van der Waals surface area (Å²) in [7, 11) is 0. The molecule has 162 valence electrons. The SMILES string of the molecule is CC(C)CC(NC(=O)C(Cc1cnc[nH]1)NC(=O)C(CS)NC(=O)CN)C(=O)O. The summed E-state index contributed by atoms with van der Waals surface area (Å²) in [4.78, 5) is 54.9. The van der Waals surface area contributed by atoms with Crippen LogP contribution in [0.2, 0.25) is 0 Å². The van der Waals surface area contributed by atoms with E-state index >= 15 is 0 Å². The van der Waals surface area contributed by atoms with Crippen LogP contribution < -0.4 is 21.7 Å². The average molecular weight is 429 g/mol. The number of nitrogens with one attached hydrogen (secondary N) is 4. The number of nitrogens with two attached hydrogens (primary N) is 1. The van der Waals surface area contributed by atoms with Crippen LogP contribution in [-0.2, 0) is 25.6 Å². The molecule has 3 atom stereocenters. The maximum Gasteiger partial charge on any atom is 0.326 e. The Labute approximate surface area is 174 Å². The smallest absolute Gasteiger partial charge is 0.326 e. The Bertz CT molecular complexity index is 696. The molecular formula is C17H28N6O5S. The summed E-state index contributed by atoms with van der Waals surface area (Å²) in [6.45, 7) is 3.37. The molecule has 0 saturated heterocycles. The highest BCUT2D eigenvalue weighted by atomic mass is 32.1. The molecular weight excluding hydrogens is 400 g/mol. The van der Waals surface area contributed by atoms with E-state index in [4.69, 9.17) is 5.73 Å². The van der Waals surface area contributed by atoms with Crippen LogP contribution in [0, 0.1) is 5.92 Å². The van der Waals surface area contributed by atoms with Gasteiger partial charge in [0.1, 0.15) is 18.1 Å². The number of carbonyl (C=O) groups excluding carboxylic acids is 3. The molecule has 3 unspecified atom stereocenters. The number of amides is 3. The monoisotopic (exact) mass is 428 g/mol. The van der Waals surface area contributed by atoms with Crippen molar-refractivity contribution in [2.45, 2.75) is 44.8 Å². The number of thiol groups is 1. The maximum atomic E-state index is 12.7. The molecule has 0 aliphatic carbocycles. The number of aliphatic carboxylic acids is 1. The first-order valence-corrected chi connectivity index (χ1v) is 9.72.